The molecule has 1 saturated carbocycles. The molecule has 0 saturated heterocycles. The molecule has 2 N–H and O–H groups in total. The Kier molecular flexibility index (Phi) is 8.51. The lowest BCUT2D eigenvalue weighted by molar-refractivity contribution is -0.142. The SMILES string of the molecule is COCCC1=CC(c2ccccc2)=N[N+]1(CC1CCC(COCC(=O)O)CC1)c1cccc(O)c1F. The lowest BCUT2D eigenvalue weighted by Crippen LogP contribution is -2.46. The van der Waals surface area contributed by atoms with E-state index in [1.54, 1.807) is 19.2 Å². The first-order valence-corrected chi connectivity index (χ1v) is 12.4. The molecule has 0 amide bonds. The second kappa shape index (κ2) is 11.8. The highest BCUT2D eigenvalue weighted by Crippen LogP contribution is 2.43. The van der Waals surface area contributed by atoms with Gasteiger partial charge in [0.15, 0.2) is 5.75 Å². The van der Waals surface area contributed by atoms with E-state index in [1.807, 2.05) is 36.4 Å². The van der Waals surface area contributed by atoms with Gasteiger partial charge in [-0.2, -0.15) is 4.39 Å². The largest absolute Gasteiger partial charge is 0.505 e. The van der Waals surface area contributed by atoms with Gasteiger partial charge in [-0.15, -0.1) is 4.59 Å². The van der Waals surface area contributed by atoms with Crippen LogP contribution in [0.4, 0.5) is 10.1 Å². The van der Waals surface area contributed by atoms with Crippen molar-refractivity contribution < 1.29 is 28.9 Å². The molecule has 0 bridgehead atoms. The fourth-order valence-corrected chi connectivity index (χ4v) is 5.28. The van der Waals surface area contributed by atoms with Gasteiger partial charge < -0.3 is 19.7 Å². The van der Waals surface area contributed by atoms with Gasteiger partial charge in [0.25, 0.3) is 0 Å². The van der Waals surface area contributed by atoms with E-state index >= 15 is 4.39 Å². The normalized spacial score (nSPS) is 23.8. The van der Waals surface area contributed by atoms with Crippen molar-refractivity contribution in [3.63, 3.8) is 0 Å². The zero-order valence-electron chi connectivity index (χ0n) is 20.6. The number of carbonyl (C=O) groups is 1. The minimum atomic E-state index is -0.959. The first-order chi connectivity index (χ1) is 17.4. The maximum absolute atomic E-state index is 15.5. The standard InChI is InChI=1S/C28H33FN2O5/c1-35-15-14-23-16-24(22-6-3-2-4-7-22)30-31(23,25-8-5-9-26(32)28(25)29)17-20-10-12-21(13-11-20)18-36-19-27(33)34/h2-9,16,20-21H,10-15,17-19H2,1H3,(H-,32,33,34)/p+1. The van der Waals surface area contributed by atoms with Crippen molar-refractivity contribution in [2.45, 2.75) is 32.1 Å². The fraction of sp³-hybridized carbons (Fsp3) is 0.429. The van der Waals surface area contributed by atoms with Crippen molar-refractivity contribution >= 4 is 17.4 Å². The summed E-state index contributed by atoms with van der Waals surface area (Å²) in [6.45, 7) is 1.20. The number of aliphatic carboxylic acids is 1. The average Bonchev–Trinajstić information content (AvgIpc) is 3.24. The lowest BCUT2D eigenvalue weighted by atomic mass is 9.82. The van der Waals surface area contributed by atoms with E-state index in [4.69, 9.17) is 19.7 Å². The number of hydrogen-bond donors (Lipinski definition) is 2. The first-order valence-electron chi connectivity index (χ1n) is 12.4. The van der Waals surface area contributed by atoms with Crippen molar-refractivity contribution in [1.82, 2.24) is 4.59 Å². The van der Waals surface area contributed by atoms with E-state index in [0.29, 0.717) is 37.8 Å². The summed E-state index contributed by atoms with van der Waals surface area (Å²) in [6, 6.07) is 14.6. The molecule has 1 aliphatic carbocycles. The minimum Gasteiger partial charge on any atom is -0.505 e. The second-order valence-corrected chi connectivity index (χ2v) is 9.59. The molecule has 2 aromatic carbocycles. The van der Waals surface area contributed by atoms with Crippen molar-refractivity contribution in [3.8, 4) is 5.75 Å². The number of phenols is 1. The number of methoxy groups -OCH3 is 1. The lowest BCUT2D eigenvalue weighted by Gasteiger charge is -2.36. The number of nitrogens with zero attached hydrogens (tertiary/aromatic N) is 2. The molecule has 7 nitrogen and oxygen atoms in total. The number of ether oxygens (including phenoxy) is 2. The number of carboxylic acids is 1. The Labute approximate surface area is 211 Å². The zero-order chi connectivity index (χ0) is 25.5. The average molecular weight is 498 g/mol. The van der Waals surface area contributed by atoms with Gasteiger partial charge in [0.2, 0.25) is 11.5 Å². The highest BCUT2D eigenvalue weighted by atomic mass is 19.1. The molecule has 0 radical (unpaired) electrons. The molecular formula is C28H34FN2O5+. The van der Waals surface area contributed by atoms with Crippen molar-refractivity contribution in [1.29, 1.82) is 0 Å². The van der Waals surface area contributed by atoms with Gasteiger partial charge in [-0.25, -0.2) is 4.79 Å². The second-order valence-electron chi connectivity index (χ2n) is 9.59. The summed E-state index contributed by atoms with van der Waals surface area (Å²) in [5.74, 6) is -1.42. The third-order valence-corrected chi connectivity index (χ3v) is 7.11. The molecule has 36 heavy (non-hydrogen) atoms. The summed E-state index contributed by atoms with van der Waals surface area (Å²) in [7, 11) is 1.64. The molecule has 8 heteroatoms. The van der Waals surface area contributed by atoms with Crippen LogP contribution >= 0.6 is 0 Å². The van der Waals surface area contributed by atoms with E-state index in [-0.39, 0.29) is 17.1 Å². The van der Waals surface area contributed by atoms with Crippen LogP contribution in [0.1, 0.15) is 37.7 Å². The van der Waals surface area contributed by atoms with Crippen molar-refractivity contribution in [2.24, 2.45) is 16.9 Å². The quantitative estimate of drug-likeness (QED) is 0.423. The molecule has 2 aromatic rings. The van der Waals surface area contributed by atoms with Crippen LogP contribution in [0.25, 0.3) is 0 Å². The molecule has 2 aliphatic rings. The first kappa shape index (κ1) is 26.0. The van der Waals surface area contributed by atoms with E-state index in [1.165, 1.54) is 6.07 Å². The Hall–Kier alpha value is -3.07. The molecule has 4 rings (SSSR count). The van der Waals surface area contributed by atoms with Gasteiger partial charge in [-0.05, 0) is 37.7 Å². The van der Waals surface area contributed by atoms with E-state index < -0.39 is 17.5 Å². The summed E-state index contributed by atoms with van der Waals surface area (Å²) in [5.41, 5.74) is 2.98. The maximum atomic E-state index is 15.5. The molecule has 0 spiro atoms. The third-order valence-electron chi connectivity index (χ3n) is 7.11. The number of rotatable bonds is 11. The Bertz CT molecular complexity index is 1110. The number of allylic oxidation sites excluding steroid dienone is 1. The highest BCUT2D eigenvalue weighted by Gasteiger charge is 2.46. The van der Waals surface area contributed by atoms with Crippen LogP contribution in [0.2, 0.25) is 0 Å². The minimum absolute atomic E-state index is 0.0291. The topological polar surface area (TPSA) is 88.4 Å². The van der Waals surface area contributed by atoms with Crippen molar-refractivity contribution in [3.05, 3.63) is 71.7 Å². The van der Waals surface area contributed by atoms with Gasteiger partial charge >= 0.3 is 5.97 Å². The smallest absolute Gasteiger partial charge is 0.329 e. The van der Waals surface area contributed by atoms with Gasteiger partial charge in [-0.3, -0.25) is 0 Å². The maximum Gasteiger partial charge on any atom is 0.329 e. The Morgan fingerprint density at radius 1 is 1.08 bits per heavy atom. The molecule has 0 aromatic heterocycles. The summed E-state index contributed by atoms with van der Waals surface area (Å²) in [5, 5.41) is 24.2. The van der Waals surface area contributed by atoms with Crippen LogP contribution in [0.3, 0.4) is 0 Å². The van der Waals surface area contributed by atoms with Gasteiger partial charge in [0.05, 0.1) is 13.2 Å². The van der Waals surface area contributed by atoms with Crippen LogP contribution in [-0.2, 0) is 14.3 Å². The number of phenolic OH excluding ortho intramolecular Hbond substituents is 1. The fourth-order valence-electron chi connectivity index (χ4n) is 5.28. The number of quaternary nitrogens is 1. The summed E-state index contributed by atoms with van der Waals surface area (Å²) < 4.78 is 26.2. The third kappa shape index (κ3) is 5.83. The number of hydrogen-bond acceptors (Lipinski definition) is 5. The number of carboxylic acid groups (broad SMARTS) is 1. The predicted octanol–water partition coefficient (Wildman–Crippen LogP) is 5.08. The summed E-state index contributed by atoms with van der Waals surface area (Å²) >= 11 is 0. The van der Waals surface area contributed by atoms with Gasteiger partial charge in [0, 0.05) is 37.2 Å². The number of halogens is 1. The van der Waals surface area contributed by atoms with Crippen LogP contribution in [0.5, 0.6) is 5.75 Å². The Balaban J connectivity index is 1.65. The zero-order valence-corrected chi connectivity index (χ0v) is 20.6. The number of aromatic hydroxyl groups is 1. The summed E-state index contributed by atoms with van der Waals surface area (Å²) in [6.07, 6.45) is 6.26. The van der Waals surface area contributed by atoms with E-state index in [9.17, 15) is 9.90 Å². The Morgan fingerprint density at radius 2 is 1.81 bits per heavy atom. The molecule has 1 fully saturated rings. The predicted molar refractivity (Wildman–Crippen MR) is 136 cm³/mol. The molecule has 1 atom stereocenters. The molecule has 1 heterocycles. The van der Waals surface area contributed by atoms with Crippen LogP contribution < -0.4 is 4.59 Å². The highest BCUT2D eigenvalue weighted by molar-refractivity contribution is 6.11. The van der Waals surface area contributed by atoms with Crippen molar-refractivity contribution in [2.75, 3.05) is 33.5 Å². The van der Waals surface area contributed by atoms with E-state index in [2.05, 4.69) is 0 Å². The summed E-state index contributed by atoms with van der Waals surface area (Å²) in [4.78, 5) is 10.7. The monoisotopic (exact) mass is 497 g/mol. The van der Waals surface area contributed by atoms with Crippen LogP contribution in [0.15, 0.2) is 65.4 Å². The van der Waals surface area contributed by atoms with E-state index in [0.717, 1.165) is 42.7 Å². The van der Waals surface area contributed by atoms with Gasteiger partial charge in [0.1, 0.15) is 24.6 Å². The van der Waals surface area contributed by atoms with Gasteiger partial charge in [-0.1, -0.05) is 41.5 Å². The Morgan fingerprint density at radius 3 is 2.50 bits per heavy atom. The molecule has 192 valence electrons. The number of benzene rings is 2. The molecule has 1 unspecified atom stereocenters. The molecule has 1 aliphatic heterocycles. The van der Waals surface area contributed by atoms with Crippen LogP contribution in [0, 0.1) is 17.7 Å². The van der Waals surface area contributed by atoms with Crippen LogP contribution in [-0.4, -0.2) is 55.4 Å². The molecular weight excluding hydrogens is 463 g/mol.